The number of non-ortho nitro benzene ring substituents is 1. The zero-order chi connectivity index (χ0) is 14.5. The van der Waals surface area contributed by atoms with Gasteiger partial charge in [0.05, 0.1) is 4.92 Å². The largest absolute Gasteiger partial charge is 0.350 e. The van der Waals surface area contributed by atoms with Crippen molar-refractivity contribution < 1.29 is 4.92 Å². The third-order valence-electron chi connectivity index (χ3n) is 2.57. The molecule has 1 aromatic carbocycles. The van der Waals surface area contributed by atoms with Gasteiger partial charge >= 0.3 is 0 Å². The zero-order valence-corrected chi connectivity index (χ0v) is 10.7. The van der Waals surface area contributed by atoms with Gasteiger partial charge in [-0.05, 0) is 18.6 Å². The SMILES string of the molecule is Cc1cc(C#N)nc(NCc2ccc([N+](=O)[O-])cc2)n1. The molecule has 0 saturated heterocycles. The number of aromatic nitrogens is 2. The minimum Gasteiger partial charge on any atom is -0.350 e. The van der Waals surface area contributed by atoms with Crippen molar-refractivity contribution in [3.8, 4) is 6.07 Å². The van der Waals surface area contributed by atoms with Crippen molar-refractivity contribution in [2.75, 3.05) is 5.32 Å². The number of nitro groups is 1. The molecule has 1 aromatic heterocycles. The molecular formula is C13H11N5O2. The van der Waals surface area contributed by atoms with Crippen LogP contribution in [0.5, 0.6) is 0 Å². The van der Waals surface area contributed by atoms with E-state index in [0.717, 1.165) is 5.56 Å². The molecule has 7 heteroatoms. The predicted octanol–water partition coefficient (Wildman–Crippen LogP) is 2.18. The fourth-order valence-electron chi connectivity index (χ4n) is 1.62. The van der Waals surface area contributed by atoms with Crippen molar-refractivity contribution in [1.29, 1.82) is 5.26 Å². The van der Waals surface area contributed by atoms with E-state index in [-0.39, 0.29) is 5.69 Å². The number of nitrogens with zero attached hydrogens (tertiary/aromatic N) is 4. The molecule has 1 heterocycles. The number of nitrogens with one attached hydrogen (secondary N) is 1. The fraction of sp³-hybridized carbons (Fsp3) is 0.154. The van der Waals surface area contributed by atoms with Gasteiger partial charge in [-0.3, -0.25) is 10.1 Å². The summed E-state index contributed by atoms with van der Waals surface area (Å²) >= 11 is 0. The van der Waals surface area contributed by atoms with Gasteiger partial charge in [0.25, 0.3) is 5.69 Å². The number of hydrogen-bond acceptors (Lipinski definition) is 6. The molecular weight excluding hydrogens is 258 g/mol. The van der Waals surface area contributed by atoms with Crippen LogP contribution in [0.1, 0.15) is 17.0 Å². The minimum absolute atomic E-state index is 0.0484. The Kier molecular flexibility index (Phi) is 3.86. The second kappa shape index (κ2) is 5.75. The first-order valence-corrected chi connectivity index (χ1v) is 5.81. The van der Waals surface area contributed by atoms with E-state index in [1.165, 1.54) is 12.1 Å². The molecule has 0 unspecified atom stereocenters. The Morgan fingerprint density at radius 3 is 2.65 bits per heavy atom. The summed E-state index contributed by atoms with van der Waals surface area (Å²) in [4.78, 5) is 18.3. The first-order chi connectivity index (χ1) is 9.58. The summed E-state index contributed by atoms with van der Waals surface area (Å²) in [6.45, 7) is 2.20. The summed E-state index contributed by atoms with van der Waals surface area (Å²) in [6, 6.07) is 9.75. The lowest BCUT2D eigenvalue weighted by molar-refractivity contribution is -0.384. The summed E-state index contributed by atoms with van der Waals surface area (Å²) in [7, 11) is 0. The van der Waals surface area contributed by atoms with Crippen LogP contribution >= 0.6 is 0 Å². The van der Waals surface area contributed by atoms with E-state index >= 15 is 0 Å². The van der Waals surface area contributed by atoms with E-state index in [1.54, 1.807) is 25.1 Å². The number of nitriles is 1. The van der Waals surface area contributed by atoms with Crippen LogP contribution in [0.2, 0.25) is 0 Å². The number of rotatable bonds is 4. The molecule has 2 aromatic rings. The highest BCUT2D eigenvalue weighted by Crippen LogP contribution is 2.13. The monoisotopic (exact) mass is 269 g/mol. The molecule has 7 nitrogen and oxygen atoms in total. The Balaban J connectivity index is 2.07. The number of hydrogen-bond donors (Lipinski definition) is 1. The third-order valence-corrected chi connectivity index (χ3v) is 2.57. The minimum atomic E-state index is -0.444. The molecule has 20 heavy (non-hydrogen) atoms. The maximum absolute atomic E-state index is 10.5. The highest BCUT2D eigenvalue weighted by Gasteiger charge is 2.05. The quantitative estimate of drug-likeness (QED) is 0.673. The summed E-state index contributed by atoms with van der Waals surface area (Å²) in [6.07, 6.45) is 0. The topological polar surface area (TPSA) is 105 Å². The normalized spacial score (nSPS) is 9.80. The van der Waals surface area contributed by atoms with Crippen LogP contribution in [0.4, 0.5) is 11.6 Å². The Bertz CT molecular complexity index is 676. The highest BCUT2D eigenvalue weighted by atomic mass is 16.6. The lowest BCUT2D eigenvalue weighted by Gasteiger charge is -2.05. The van der Waals surface area contributed by atoms with E-state index in [1.807, 2.05) is 6.07 Å². The Hall–Kier alpha value is -3.01. The van der Waals surface area contributed by atoms with Crippen molar-refractivity contribution in [2.24, 2.45) is 0 Å². The smallest absolute Gasteiger partial charge is 0.269 e. The molecule has 0 saturated carbocycles. The van der Waals surface area contributed by atoms with Gasteiger partial charge in [0.15, 0.2) is 0 Å². The van der Waals surface area contributed by atoms with E-state index < -0.39 is 4.92 Å². The average Bonchev–Trinajstić information content (AvgIpc) is 2.45. The lowest BCUT2D eigenvalue weighted by Crippen LogP contribution is -2.05. The molecule has 0 bridgehead atoms. The summed E-state index contributed by atoms with van der Waals surface area (Å²) in [5, 5.41) is 22.3. The zero-order valence-electron chi connectivity index (χ0n) is 10.7. The fourth-order valence-corrected chi connectivity index (χ4v) is 1.62. The van der Waals surface area contributed by atoms with Crippen LogP contribution in [0.3, 0.4) is 0 Å². The van der Waals surface area contributed by atoms with Crippen molar-refractivity contribution in [3.05, 3.63) is 57.4 Å². The molecule has 0 amide bonds. The van der Waals surface area contributed by atoms with Gasteiger partial charge in [-0.25, -0.2) is 9.97 Å². The molecule has 100 valence electrons. The third kappa shape index (κ3) is 3.26. The standard InChI is InChI=1S/C13H11N5O2/c1-9-6-11(7-14)17-13(16-9)15-8-10-2-4-12(5-3-10)18(19)20/h2-6H,8H2,1H3,(H,15,16,17). The van der Waals surface area contributed by atoms with Crippen LogP contribution in [0.15, 0.2) is 30.3 Å². The number of nitro benzene ring substituents is 1. The second-order valence-electron chi connectivity index (χ2n) is 4.11. The van der Waals surface area contributed by atoms with Gasteiger partial charge in [0.1, 0.15) is 11.8 Å². The number of aryl methyl sites for hydroxylation is 1. The van der Waals surface area contributed by atoms with Crippen LogP contribution in [0, 0.1) is 28.4 Å². The van der Waals surface area contributed by atoms with E-state index in [9.17, 15) is 10.1 Å². The van der Waals surface area contributed by atoms with Crippen molar-refractivity contribution in [1.82, 2.24) is 9.97 Å². The Labute approximate surface area is 115 Å². The average molecular weight is 269 g/mol. The van der Waals surface area contributed by atoms with Crippen LogP contribution in [-0.4, -0.2) is 14.9 Å². The molecule has 0 spiro atoms. The number of benzene rings is 1. The van der Waals surface area contributed by atoms with E-state index in [0.29, 0.717) is 23.9 Å². The predicted molar refractivity (Wildman–Crippen MR) is 71.9 cm³/mol. The Morgan fingerprint density at radius 1 is 1.35 bits per heavy atom. The van der Waals surface area contributed by atoms with Crippen LogP contribution < -0.4 is 5.32 Å². The molecule has 0 aliphatic rings. The van der Waals surface area contributed by atoms with Gasteiger partial charge in [0, 0.05) is 24.4 Å². The maximum Gasteiger partial charge on any atom is 0.269 e. The maximum atomic E-state index is 10.5. The molecule has 1 N–H and O–H groups in total. The first-order valence-electron chi connectivity index (χ1n) is 5.81. The highest BCUT2D eigenvalue weighted by molar-refractivity contribution is 5.37. The van der Waals surface area contributed by atoms with Gasteiger partial charge in [0.2, 0.25) is 5.95 Å². The summed E-state index contributed by atoms with van der Waals surface area (Å²) in [5.41, 5.74) is 1.90. The first kappa shape index (κ1) is 13.4. The van der Waals surface area contributed by atoms with E-state index in [4.69, 9.17) is 5.26 Å². The van der Waals surface area contributed by atoms with Crippen molar-refractivity contribution in [2.45, 2.75) is 13.5 Å². The van der Waals surface area contributed by atoms with Gasteiger partial charge in [-0.15, -0.1) is 0 Å². The van der Waals surface area contributed by atoms with Gasteiger partial charge in [-0.1, -0.05) is 12.1 Å². The van der Waals surface area contributed by atoms with Crippen molar-refractivity contribution in [3.63, 3.8) is 0 Å². The van der Waals surface area contributed by atoms with Crippen molar-refractivity contribution >= 4 is 11.6 Å². The van der Waals surface area contributed by atoms with Crippen LogP contribution in [0.25, 0.3) is 0 Å². The summed E-state index contributed by atoms with van der Waals surface area (Å²) < 4.78 is 0. The Morgan fingerprint density at radius 2 is 2.05 bits per heavy atom. The second-order valence-corrected chi connectivity index (χ2v) is 4.11. The molecule has 0 atom stereocenters. The molecule has 0 fully saturated rings. The summed E-state index contributed by atoms with van der Waals surface area (Å²) in [5.74, 6) is 0.361. The van der Waals surface area contributed by atoms with E-state index in [2.05, 4.69) is 15.3 Å². The molecule has 0 aliphatic carbocycles. The molecule has 2 rings (SSSR count). The van der Waals surface area contributed by atoms with Gasteiger partial charge < -0.3 is 5.32 Å². The number of anilines is 1. The molecule has 0 aliphatic heterocycles. The van der Waals surface area contributed by atoms with Gasteiger partial charge in [-0.2, -0.15) is 5.26 Å². The van der Waals surface area contributed by atoms with Crippen LogP contribution in [-0.2, 0) is 6.54 Å². The molecule has 0 radical (unpaired) electrons. The lowest BCUT2D eigenvalue weighted by atomic mass is 10.2.